The Labute approximate surface area is 114 Å². The average Bonchev–Trinajstić information content (AvgIpc) is 2.38. The van der Waals surface area contributed by atoms with Gasteiger partial charge >= 0.3 is 6.03 Å². The van der Waals surface area contributed by atoms with Crippen molar-refractivity contribution in [2.45, 2.75) is 0 Å². The molecule has 0 aliphatic rings. The monoisotopic (exact) mass is 278 g/mol. The van der Waals surface area contributed by atoms with Crippen molar-refractivity contribution in [3.8, 4) is 5.75 Å². The van der Waals surface area contributed by atoms with E-state index in [1.165, 1.54) is 6.21 Å². The molecule has 0 aliphatic carbocycles. The first-order chi connectivity index (χ1) is 9.10. The van der Waals surface area contributed by atoms with Gasteiger partial charge in [-0.15, -0.1) is 0 Å². The number of aromatic nitrogens is 1. The Morgan fingerprint density at radius 3 is 3.00 bits per heavy atom. The van der Waals surface area contributed by atoms with Crippen molar-refractivity contribution in [3.05, 3.63) is 35.0 Å². The van der Waals surface area contributed by atoms with Crippen molar-refractivity contribution in [1.82, 2.24) is 10.4 Å². The van der Waals surface area contributed by atoms with Crippen LogP contribution in [0.4, 0.5) is 4.79 Å². The number of amides is 2. The van der Waals surface area contributed by atoms with Gasteiger partial charge in [-0.1, -0.05) is 11.6 Å². The van der Waals surface area contributed by atoms with Gasteiger partial charge < -0.3 is 10.5 Å². The lowest BCUT2D eigenvalue weighted by Gasteiger charge is -2.04. The Kier molecular flexibility index (Phi) is 3.82. The van der Waals surface area contributed by atoms with Crippen molar-refractivity contribution in [2.24, 2.45) is 10.8 Å². The predicted octanol–water partition coefficient (Wildman–Crippen LogP) is 1.90. The minimum Gasteiger partial charge on any atom is -0.497 e. The van der Waals surface area contributed by atoms with Gasteiger partial charge in [0.05, 0.1) is 18.8 Å². The van der Waals surface area contributed by atoms with Crippen LogP contribution in [0.5, 0.6) is 5.75 Å². The Bertz CT molecular complexity index is 657. The number of carbonyl (C=O) groups excluding carboxylic acids is 1. The van der Waals surface area contributed by atoms with E-state index in [-0.39, 0.29) is 5.15 Å². The summed E-state index contributed by atoms with van der Waals surface area (Å²) in [6.45, 7) is 0. The third-order valence-electron chi connectivity index (χ3n) is 2.38. The number of halogens is 1. The van der Waals surface area contributed by atoms with E-state index in [0.717, 1.165) is 16.7 Å². The van der Waals surface area contributed by atoms with Crippen molar-refractivity contribution >= 4 is 34.7 Å². The highest BCUT2D eigenvalue weighted by Gasteiger charge is 2.04. The minimum atomic E-state index is -0.747. The molecule has 0 saturated heterocycles. The Balaban J connectivity index is 2.41. The quantitative estimate of drug-likeness (QED) is 0.510. The van der Waals surface area contributed by atoms with Gasteiger partial charge in [0.2, 0.25) is 0 Å². The van der Waals surface area contributed by atoms with E-state index in [9.17, 15) is 4.79 Å². The molecule has 1 aromatic heterocycles. The number of urea groups is 1. The number of hydrogen-bond acceptors (Lipinski definition) is 4. The van der Waals surface area contributed by atoms with Crippen LogP contribution in [0.1, 0.15) is 5.56 Å². The molecule has 7 heteroatoms. The van der Waals surface area contributed by atoms with E-state index >= 15 is 0 Å². The molecule has 19 heavy (non-hydrogen) atoms. The van der Waals surface area contributed by atoms with E-state index < -0.39 is 6.03 Å². The lowest BCUT2D eigenvalue weighted by Crippen LogP contribution is -2.24. The fourth-order valence-electron chi connectivity index (χ4n) is 1.53. The number of carbonyl (C=O) groups is 1. The summed E-state index contributed by atoms with van der Waals surface area (Å²) in [5, 5.41) is 4.78. The molecule has 1 heterocycles. The van der Waals surface area contributed by atoms with Crippen LogP contribution < -0.4 is 15.9 Å². The van der Waals surface area contributed by atoms with Crippen molar-refractivity contribution in [2.75, 3.05) is 7.11 Å². The number of hydrogen-bond donors (Lipinski definition) is 2. The summed E-state index contributed by atoms with van der Waals surface area (Å²) in [4.78, 5) is 14.7. The summed E-state index contributed by atoms with van der Waals surface area (Å²) in [7, 11) is 1.59. The fraction of sp³-hybridized carbons (Fsp3) is 0.0833. The van der Waals surface area contributed by atoms with Gasteiger partial charge in [0, 0.05) is 10.9 Å². The zero-order valence-electron chi connectivity index (χ0n) is 10.1. The normalized spacial score (nSPS) is 10.8. The van der Waals surface area contributed by atoms with Crippen LogP contribution in [0.3, 0.4) is 0 Å². The molecule has 0 spiro atoms. The lowest BCUT2D eigenvalue weighted by molar-refractivity contribution is 0.249. The van der Waals surface area contributed by atoms with E-state index in [2.05, 4.69) is 15.5 Å². The molecule has 0 unspecified atom stereocenters. The number of primary amides is 1. The number of nitrogens with zero attached hydrogens (tertiary/aromatic N) is 2. The zero-order valence-corrected chi connectivity index (χ0v) is 10.8. The number of hydrazone groups is 1. The topological polar surface area (TPSA) is 89.6 Å². The van der Waals surface area contributed by atoms with Gasteiger partial charge in [-0.25, -0.2) is 15.2 Å². The summed E-state index contributed by atoms with van der Waals surface area (Å²) in [6, 6.07) is 6.48. The molecule has 0 aliphatic heterocycles. The molecule has 0 bridgehead atoms. The number of ether oxygens (including phenoxy) is 1. The molecule has 1 aromatic carbocycles. The first kappa shape index (κ1) is 13.1. The third-order valence-corrected chi connectivity index (χ3v) is 2.68. The first-order valence-electron chi connectivity index (χ1n) is 5.33. The Morgan fingerprint density at radius 1 is 1.53 bits per heavy atom. The highest BCUT2D eigenvalue weighted by atomic mass is 35.5. The highest BCUT2D eigenvalue weighted by molar-refractivity contribution is 6.32. The smallest absolute Gasteiger partial charge is 0.332 e. The third kappa shape index (κ3) is 3.11. The van der Waals surface area contributed by atoms with Crippen LogP contribution in [0, 0.1) is 0 Å². The summed E-state index contributed by atoms with van der Waals surface area (Å²) in [6.07, 6.45) is 1.37. The molecule has 0 atom stereocenters. The number of fused-ring (bicyclic) bond motifs is 1. The molecule has 0 radical (unpaired) electrons. The molecular weight excluding hydrogens is 268 g/mol. The van der Waals surface area contributed by atoms with E-state index in [4.69, 9.17) is 22.1 Å². The minimum absolute atomic E-state index is 0.285. The first-order valence-corrected chi connectivity index (χ1v) is 5.71. The van der Waals surface area contributed by atoms with Crippen molar-refractivity contribution < 1.29 is 9.53 Å². The molecule has 2 amide bonds. The number of nitrogens with one attached hydrogen (secondary N) is 1. The molecule has 0 saturated carbocycles. The molecule has 3 N–H and O–H groups in total. The van der Waals surface area contributed by atoms with E-state index in [0.29, 0.717) is 5.56 Å². The van der Waals surface area contributed by atoms with E-state index in [1.807, 2.05) is 12.1 Å². The van der Waals surface area contributed by atoms with Crippen LogP contribution in [-0.4, -0.2) is 24.3 Å². The SMILES string of the molecule is COc1ccc2nc(Cl)c(/C=N\NC(N)=O)cc2c1. The summed E-state index contributed by atoms with van der Waals surface area (Å²) < 4.78 is 5.14. The molecule has 98 valence electrons. The summed E-state index contributed by atoms with van der Waals surface area (Å²) in [5.74, 6) is 0.717. The molecular formula is C12H11ClN4O2. The maximum absolute atomic E-state index is 10.5. The number of rotatable bonds is 3. The standard InChI is InChI=1S/C12H11ClN4O2/c1-19-9-2-3-10-7(5-9)4-8(11(13)16-10)6-15-17-12(14)18/h2-6H,1H3,(H3,14,17,18)/b15-6-. The molecule has 2 aromatic rings. The fourth-order valence-corrected chi connectivity index (χ4v) is 1.72. The van der Waals surface area contributed by atoms with Crippen LogP contribution in [0.15, 0.2) is 29.4 Å². The van der Waals surface area contributed by atoms with Crippen LogP contribution in [0.2, 0.25) is 5.15 Å². The average molecular weight is 279 g/mol. The van der Waals surface area contributed by atoms with Gasteiger partial charge in [0.15, 0.2) is 0 Å². The maximum Gasteiger partial charge on any atom is 0.332 e. The molecule has 0 fully saturated rings. The Morgan fingerprint density at radius 2 is 2.32 bits per heavy atom. The molecule has 2 rings (SSSR count). The maximum atomic E-state index is 10.5. The summed E-state index contributed by atoms with van der Waals surface area (Å²) in [5.41, 5.74) is 8.29. The Hall–Kier alpha value is -2.34. The summed E-state index contributed by atoms with van der Waals surface area (Å²) >= 11 is 6.01. The lowest BCUT2D eigenvalue weighted by atomic mass is 10.1. The zero-order chi connectivity index (χ0) is 13.8. The van der Waals surface area contributed by atoms with Gasteiger partial charge in [0.1, 0.15) is 10.9 Å². The van der Waals surface area contributed by atoms with Gasteiger partial charge in [-0.2, -0.15) is 5.10 Å². The second-order valence-corrected chi connectivity index (χ2v) is 4.02. The van der Waals surface area contributed by atoms with Gasteiger partial charge in [-0.3, -0.25) is 0 Å². The second kappa shape index (κ2) is 5.53. The second-order valence-electron chi connectivity index (χ2n) is 3.66. The van der Waals surface area contributed by atoms with Crippen LogP contribution in [-0.2, 0) is 0 Å². The van der Waals surface area contributed by atoms with E-state index in [1.54, 1.807) is 19.2 Å². The molecule has 6 nitrogen and oxygen atoms in total. The van der Waals surface area contributed by atoms with Crippen LogP contribution in [0.25, 0.3) is 10.9 Å². The highest BCUT2D eigenvalue weighted by Crippen LogP contribution is 2.23. The van der Waals surface area contributed by atoms with Gasteiger partial charge in [-0.05, 0) is 24.3 Å². The number of pyridine rings is 1. The van der Waals surface area contributed by atoms with Crippen molar-refractivity contribution in [3.63, 3.8) is 0 Å². The predicted molar refractivity (Wildman–Crippen MR) is 73.6 cm³/mol. The number of methoxy groups -OCH3 is 1. The van der Waals surface area contributed by atoms with Crippen LogP contribution >= 0.6 is 11.6 Å². The van der Waals surface area contributed by atoms with Crippen molar-refractivity contribution in [1.29, 1.82) is 0 Å². The number of benzene rings is 1. The number of nitrogens with two attached hydrogens (primary N) is 1. The van der Waals surface area contributed by atoms with Gasteiger partial charge in [0.25, 0.3) is 0 Å². The largest absolute Gasteiger partial charge is 0.497 e.